The number of carbonyl (C=O) groups is 1. The molecule has 174 valence electrons. The lowest BCUT2D eigenvalue weighted by atomic mass is 10.1. The molecule has 4 rings (SSSR count). The number of hydrogen-bond donors (Lipinski definition) is 1. The van der Waals surface area contributed by atoms with Gasteiger partial charge in [0.2, 0.25) is 5.91 Å². The van der Waals surface area contributed by atoms with Gasteiger partial charge < -0.3 is 19.9 Å². The van der Waals surface area contributed by atoms with E-state index in [0.29, 0.717) is 19.6 Å². The maximum atomic E-state index is 12.7. The Labute approximate surface area is 206 Å². The number of aromatic nitrogens is 2. The van der Waals surface area contributed by atoms with Gasteiger partial charge in [-0.2, -0.15) is 5.10 Å². The second-order valence-electron chi connectivity index (χ2n) is 7.95. The van der Waals surface area contributed by atoms with Crippen molar-refractivity contribution in [1.29, 1.82) is 0 Å². The first kappa shape index (κ1) is 24.5. The highest BCUT2D eigenvalue weighted by Gasteiger charge is 2.27. The molecule has 1 aromatic heterocycles. The minimum Gasteiger partial charge on any atom is -0.379 e. The lowest BCUT2D eigenvalue weighted by Crippen LogP contribution is -2.55. The maximum absolute atomic E-state index is 12.7. The first-order valence-electron chi connectivity index (χ1n) is 10.7. The standard InChI is InChI=1S/C22H31N7O2.HI/c1-23-22(28-6-7-29(21(30)17-28)20-14-25-26(2)16-20)24-13-18-4-3-5-19(12-18)15-27-8-10-31-11-9-27;/h3-5,12,14,16H,6-11,13,15,17H2,1-2H3,(H,23,24);1H. The molecule has 0 atom stereocenters. The van der Waals surface area contributed by atoms with Gasteiger partial charge in [-0.3, -0.25) is 19.4 Å². The van der Waals surface area contributed by atoms with Crippen molar-refractivity contribution in [1.82, 2.24) is 24.9 Å². The number of nitrogens with one attached hydrogen (secondary N) is 1. The van der Waals surface area contributed by atoms with E-state index in [4.69, 9.17) is 4.74 Å². The van der Waals surface area contributed by atoms with Crippen LogP contribution in [0, 0.1) is 0 Å². The number of rotatable bonds is 5. The van der Waals surface area contributed by atoms with Gasteiger partial charge in [0, 0.05) is 59.6 Å². The van der Waals surface area contributed by atoms with Crippen LogP contribution in [-0.2, 0) is 29.7 Å². The zero-order valence-corrected chi connectivity index (χ0v) is 21.1. The summed E-state index contributed by atoms with van der Waals surface area (Å²) in [6.45, 7) is 6.82. The van der Waals surface area contributed by atoms with E-state index in [0.717, 1.165) is 51.0 Å². The van der Waals surface area contributed by atoms with Crippen molar-refractivity contribution in [3.63, 3.8) is 0 Å². The Morgan fingerprint density at radius 2 is 1.97 bits per heavy atom. The van der Waals surface area contributed by atoms with Gasteiger partial charge in [0.1, 0.15) is 6.54 Å². The Bertz CT molecular complexity index is 927. The van der Waals surface area contributed by atoms with Gasteiger partial charge in [0.25, 0.3) is 0 Å². The molecular formula is C22H32IN7O2. The number of piperazine rings is 1. The molecule has 2 fully saturated rings. The van der Waals surface area contributed by atoms with Crippen LogP contribution in [0.3, 0.4) is 0 Å². The lowest BCUT2D eigenvalue weighted by Gasteiger charge is -2.35. The van der Waals surface area contributed by atoms with Gasteiger partial charge in [-0.1, -0.05) is 24.3 Å². The lowest BCUT2D eigenvalue weighted by molar-refractivity contribution is -0.120. The van der Waals surface area contributed by atoms with Crippen LogP contribution in [0.25, 0.3) is 0 Å². The summed E-state index contributed by atoms with van der Waals surface area (Å²) in [6.07, 6.45) is 3.59. The largest absolute Gasteiger partial charge is 0.379 e. The quantitative estimate of drug-likeness (QED) is 0.342. The predicted molar refractivity (Wildman–Crippen MR) is 135 cm³/mol. The van der Waals surface area contributed by atoms with Crippen LogP contribution in [0.5, 0.6) is 0 Å². The summed E-state index contributed by atoms with van der Waals surface area (Å²) in [5.41, 5.74) is 3.34. The second-order valence-corrected chi connectivity index (χ2v) is 7.95. The molecule has 2 aromatic rings. The third-order valence-electron chi connectivity index (χ3n) is 5.69. The van der Waals surface area contributed by atoms with Crippen molar-refractivity contribution >= 4 is 41.5 Å². The summed E-state index contributed by atoms with van der Waals surface area (Å²) in [6, 6.07) is 8.63. The average molecular weight is 553 g/mol. The number of morpholine rings is 1. The number of halogens is 1. The number of benzene rings is 1. The number of guanidine groups is 1. The fourth-order valence-electron chi connectivity index (χ4n) is 4.04. The fraction of sp³-hybridized carbons (Fsp3) is 0.500. The van der Waals surface area contributed by atoms with Crippen molar-refractivity contribution in [3.05, 3.63) is 47.8 Å². The summed E-state index contributed by atoms with van der Waals surface area (Å²) in [5.74, 6) is 0.799. The Morgan fingerprint density at radius 1 is 1.19 bits per heavy atom. The Hall–Kier alpha value is -2.18. The molecule has 1 aromatic carbocycles. The van der Waals surface area contributed by atoms with Gasteiger partial charge >= 0.3 is 0 Å². The maximum Gasteiger partial charge on any atom is 0.246 e. The summed E-state index contributed by atoms with van der Waals surface area (Å²) >= 11 is 0. The highest BCUT2D eigenvalue weighted by Crippen LogP contribution is 2.16. The molecule has 2 saturated heterocycles. The molecule has 0 unspecified atom stereocenters. The van der Waals surface area contributed by atoms with Gasteiger partial charge in [0.15, 0.2) is 5.96 Å². The molecule has 1 N–H and O–H groups in total. The number of amides is 1. The Balaban J connectivity index is 0.00000289. The number of nitrogens with zero attached hydrogens (tertiary/aromatic N) is 6. The first-order valence-corrected chi connectivity index (χ1v) is 10.7. The molecule has 0 spiro atoms. The molecule has 0 saturated carbocycles. The molecule has 1 amide bonds. The van der Waals surface area contributed by atoms with E-state index in [2.05, 4.69) is 44.6 Å². The summed E-state index contributed by atoms with van der Waals surface area (Å²) in [4.78, 5) is 23.3. The van der Waals surface area contributed by atoms with Crippen LogP contribution in [0.1, 0.15) is 11.1 Å². The van der Waals surface area contributed by atoms with E-state index >= 15 is 0 Å². The minimum absolute atomic E-state index is 0. The molecule has 32 heavy (non-hydrogen) atoms. The topological polar surface area (TPSA) is 78.2 Å². The summed E-state index contributed by atoms with van der Waals surface area (Å²) < 4.78 is 7.15. The van der Waals surface area contributed by atoms with E-state index < -0.39 is 0 Å². The molecule has 0 aliphatic carbocycles. The van der Waals surface area contributed by atoms with Crippen molar-refractivity contribution < 1.29 is 9.53 Å². The highest BCUT2D eigenvalue weighted by molar-refractivity contribution is 14.0. The van der Waals surface area contributed by atoms with Crippen molar-refractivity contribution in [2.45, 2.75) is 13.1 Å². The molecule has 2 aliphatic heterocycles. The van der Waals surface area contributed by atoms with Crippen molar-refractivity contribution in [3.8, 4) is 0 Å². The van der Waals surface area contributed by atoms with E-state index in [-0.39, 0.29) is 29.9 Å². The SMILES string of the molecule is CN=C(NCc1cccc(CN2CCOCC2)c1)N1CCN(c2cnn(C)c2)C(=O)C1.I. The van der Waals surface area contributed by atoms with E-state index in [9.17, 15) is 4.79 Å². The molecule has 9 nitrogen and oxygen atoms in total. The Morgan fingerprint density at radius 3 is 2.66 bits per heavy atom. The predicted octanol–water partition coefficient (Wildman–Crippen LogP) is 1.29. The molecule has 2 aliphatic rings. The number of ether oxygens (including phenoxy) is 1. The van der Waals surface area contributed by atoms with Crippen LogP contribution in [0.15, 0.2) is 41.7 Å². The third kappa shape index (κ3) is 6.20. The second kappa shape index (κ2) is 11.6. The summed E-state index contributed by atoms with van der Waals surface area (Å²) in [5, 5.41) is 7.59. The molecule has 0 radical (unpaired) electrons. The van der Waals surface area contributed by atoms with Gasteiger partial charge in [-0.25, -0.2) is 0 Å². The molecule has 10 heteroatoms. The van der Waals surface area contributed by atoms with E-state index in [1.54, 1.807) is 22.8 Å². The number of hydrogen-bond acceptors (Lipinski definition) is 5. The summed E-state index contributed by atoms with van der Waals surface area (Å²) in [7, 11) is 3.61. The van der Waals surface area contributed by atoms with Gasteiger partial charge in [0.05, 0.1) is 25.1 Å². The molecule has 0 bridgehead atoms. The first-order chi connectivity index (χ1) is 15.1. The monoisotopic (exact) mass is 553 g/mol. The number of aryl methyl sites for hydroxylation is 1. The smallest absolute Gasteiger partial charge is 0.246 e. The number of carbonyl (C=O) groups excluding carboxylic acids is 1. The highest BCUT2D eigenvalue weighted by atomic mass is 127. The normalized spacial score (nSPS) is 17.9. The van der Waals surface area contributed by atoms with E-state index in [1.807, 2.05) is 18.1 Å². The zero-order chi connectivity index (χ0) is 21.6. The van der Waals surface area contributed by atoms with Crippen LogP contribution in [0.4, 0.5) is 5.69 Å². The number of aliphatic imine (C=N–C) groups is 1. The van der Waals surface area contributed by atoms with E-state index in [1.165, 1.54) is 11.1 Å². The number of anilines is 1. The zero-order valence-electron chi connectivity index (χ0n) is 18.7. The third-order valence-corrected chi connectivity index (χ3v) is 5.69. The van der Waals surface area contributed by atoms with Gasteiger partial charge in [-0.15, -0.1) is 24.0 Å². The van der Waals surface area contributed by atoms with Crippen LogP contribution in [-0.4, -0.2) is 84.4 Å². The van der Waals surface area contributed by atoms with Crippen LogP contribution >= 0.6 is 24.0 Å². The van der Waals surface area contributed by atoms with Crippen molar-refractivity contribution in [2.24, 2.45) is 12.0 Å². The molecule has 3 heterocycles. The van der Waals surface area contributed by atoms with Gasteiger partial charge in [-0.05, 0) is 11.1 Å². The molecular weight excluding hydrogens is 521 g/mol. The Kier molecular flexibility index (Phi) is 8.88. The van der Waals surface area contributed by atoms with Crippen LogP contribution < -0.4 is 10.2 Å². The van der Waals surface area contributed by atoms with Crippen LogP contribution in [0.2, 0.25) is 0 Å². The van der Waals surface area contributed by atoms with Crippen molar-refractivity contribution in [2.75, 3.05) is 57.9 Å². The fourth-order valence-corrected chi connectivity index (χ4v) is 4.04. The minimum atomic E-state index is 0. The average Bonchev–Trinajstić information content (AvgIpc) is 3.21.